The highest BCUT2D eigenvalue weighted by Crippen LogP contribution is 2.24. The van der Waals surface area contributed by atoms with E-state index in [-0.39, 0.29) is 0 Å². The lowest BCUT2D eigenvalue weighted by atomic mass is 10.8. The van der Waals surface area contributed by atoms with Crippen LogP contribution in [0.2, 0.25) is 0 Å². The summed E-state index contributed by atoms with van der Waals surface area (Å²) in [6, 6.07) is 0. The van der Waals surface area contributed by atoms with Crippen LogP contribution in [-0.4, -0.2) is 18.0 Å². The molecule has 0 saturated carbocycles. The lowest BCUT2D eigenvalue weighted by molar-refractivity contribution is -0.00569. The van der Waals surface area contributed by atoms with Crippen molar-refractivity contribution >= 4 is 8.25 Å². The Morgan fingerprint density at radius 1 is 1.78 bits per heavy atom. The molecule has 0 aliphatic rings. The van der Waals surface area contributed by atoms with Gasteiger partial charge in [0.2, 0.25) is 0 Å². The molecule has 56 valence electrons. The summed E-state index contributed by atoms with van der Waals surface area (Å²) in [5.74, 6) is 0. The fourth-order valence-electron chi connectivity index (χ4n) is 0.291. The first-order chi connectivity index (χ1) is 4.16. The highest BCUT2D eigenvalue weighted by Gasteiger charge is 2.00. The first-order valence-electron chi connectivity index (χ1n) is 2.68. The Morgan fingerprint density at radius 3 is 2.67 bits per heavy atom. The zero-order chi connectivity index (χ0) is 7.28. The van der Waals surface area contributed by atoms with Crippen LogP contribution in [0.3, 0.4) is 0 Å². The molecule has 0 aliphatic heterocycles. The topological polar surface area (TPSA) is 55.8 Å². The van der Waals surface area contributed by atoms with Crippen molar-refractivity contribution in [3.8, 4) is 0 Å². The summed E-state index contributed by atoms with van der Waals surface area (Å²) >= 11 is 0. The molecule has 0 aromatic heterocycles. The largest absolute Gasteiger partial charge is 0.368 e. The minimum atomic E-state index is -2.44. The maximum atomic E-state index is 10.4. The number of aliphatic hydroxyl groups excluding tert-OH is 1. The third-order valence-corrected chi connectivity index (χ3v) is 1.59. The van der Waals surface area contributed by atoms with Crippen molar-refractivity contribution in [3.05, 3.63) is 0 Å². The Bertz CT molecular complexity index is 92.6. The molecule has 0 amide bonds. The van der Waals surface area contributed by atoms with Crippen LogP contribution in [-0.2, 0) is 13.6 Å². The molecular weight excluding hydrogens is 143 g/mol. The fourth-order valence-corrected chi connectivity index (χ4v) is 0.873. The van der Waals surface area contributed by atoms with E-state index in [1.165, 1.54) is 6.92 Å². The molecule has 0 heterocycles. The zero-order valence-corrected chi connectivity index (χ0v) is 6.46. The average Bonchev–Trinajstić information content (AvgIpc) is 1.63. The highest BCUT2D eigenvalue weighted by molar-refractivity contribution is 7.33. The molecule has 2 unspecified atom stereocenters. The fraction of sp³-hybridized carbons (Fsp3) is 1.00. The maximum Gasteiger partial charge on any atom is 0.321 e. The lowest BCUT2D eigenvalue weighted by Crippen LogP contribution is -2.00. The minimum absolute atomic E-state index is 0.338. The number of aliphatic hydroxyl groups is 1. The Hall–Kier alpha value is 0.110. The molecule has 0 aromatic carbocycles. The second kappa shape index (κ2) is 4.94. The van der Waals surface area contributed by atoms with Crippen molar-refractivity contribution in [2.24, 2.45) is 0 Å². The first-order valence-corrected chi connectivity index (χ1v) is 3.90. The van der Waals surface area contributed by atoms with Gasteiger partial charge in [0.05, 0.1) is 6.61 Å². The van der Waals surface area contributed by atoms with Crippen LogP contribution in [0, 0.1) is 0 Å². The molecule has 0 fully saturated rings. The van der Waals surface area contributed by atoms with Crippen LogP contribution < -0.4 is 0 Å². The molecule has 0 bridgehead atoms. The van der Waals surface area contributed by atoms with E-state index in [1.807, 2.05) is 0 Å². The third kappa shape index (κ3) is 5.99. The van der Waals surface area contributed by atoms with Gasteiger partial charge in [0.25, 0.3) is 0 Å². The Labute approximate surface area is 54.7 Å². The second-order valence-electron chi connectivity index (χ2n) is 1.40. The van der Waals surface area contributed by atoms with Crippen LogP contribution in [0.4, 0.5) is 0 Å². The number of rotatable bonds is 4. The van der Waals surface area contributed by atoms with Gasteiger partial charge in [0.15, 0.2) is 6.29 Å². The highest BCUT2D eigenvalue weighted by atomic mass is 31.1. The molecule has 0 aromatic rings. The number of hydrogen-bond donors (Lipinski definition) is 1. The molecule has 4 nitrogen and oxygen atoms in total. The van der Waals surface area contributed by atoms with E-state index in [1.54, 1.807) is 6.92 Å². The Morgan fingerprint density at radius 2 is 2.33 bits per heavy atom. The monoisotopic (exact) mass is 154 g/mol. The van der Waals surface area contributed by atoms with E-state index in [0.29, 0.717) is 6.61 Å². The summed E-state index contributed by atoms with van der Waals surface area (Å²) in [4.78, 5) is 0. The summed E-state index contributed by atoms with van der Waals surface area (Å²) < 4.78 is 19.3. The lowest BCUT2D eigenvalue weighted by Gasteiger charge is -2.04. The summed E-state index contributed by atoms with van der Waals surface area (Å²) in [5.41, 5.74) is 0. The molecular formula is C4H11O4P. The SMILES string of the molecule is CCO[PH](=O)OC(C)O. The quantitative estimate of drug-likeness (QED) is 0.480. The van der Waals surface area contributed by atoms with Gasteiger partial charge in [0.1, 0.15) is 0 Å². The predicted octanol–water partition coefficient (Wildman–Crippen LogP) is 0.767. The van der Waals surface area contributed by atoms with Gasteiger partial charge < -0.3 is 9.63 Å². The number of hydrogen-bond acceptors (Lipinski definition) is 4. The van der Waals surface area contributed by atoms with Crippen molar-refractivity contribution in [2.75, 3.05) is 6.61 Å². The van der Waals surface area contributed by atoms with Crippen molar-refractivity contribution in [1.82, 2.24) is 0 Å². The van der Waals surface area contributed by atoms with Gasteiger partial charge in [0, 0.05) is 0 Å². The van der Waals surface area contributed by atoms with Crippen molar-refractivity contribution in [3.63, 3.8) is 0 Å². The predicted molar refractivity (Wildman–Crippen MR) is 33.4 cm³/mol. The minimum Gasteiger partial charge on any atom is -0.368 e. The normalized spacial score (nSPS) is 17.2. The molecule has 0 radical (unpaired) electrons. The first kappa shape index (κ1) is 9.11. The van der Waals surface area contributed by atoms with Gasteiger partial charge in [-0.2, -0.15) is 0 Å². The van der Waals surface area contributed by atoms with Gasteiger partial charge in [-0.3, -0.25) is 9.09 Å². The summed E-state index contributed by atoms with van der Waals surface area (Å²) in [6.07, 6.45) is -1.01. The summed E-state index contributed by atoms with van der Waals surface area (Å²) in [5, 5.41) is 8.47. The van der Waals surface area contributed by atoms with E-state index < -0.39 is 14.5 Å². The molecule has 1 N–H and O–H groups in total. The van der Waals surface area contributed by atoms with E-state index in [0.717, 1.165) is 0 Å². The molecule has 0 saturated heterocycles. The van der Waals surface area contributed by atoms with Gasteiger partial charge in [-0.15, -0.1) is 0 Å². The summed E-state index contributed by atoms with van der Waals surface area (Å²) in [7, 11) is -2.44. The van der Waals surface area contributed by atoms with Crippen LogP contribution in [0.25, 0.3) is 0 Å². The van der Waals surface area contributed by atoms with Gasteiger partial charge in [-0.1, -0.05) is 0 Å². The van der Waals surface area contributed by atoms with Crippen molar-refractivity contribution in [2.45, 2.75) is 20.1 Å². The third-order valence-electron chi connectivity index (χ3n) is 0.529. The molecule has 9 heavy (non-hydrogen) atoms. The van der Waals surface area contributed by atoms with Gasteiger partial charge >= 0.3 is 8.25 Å². The maximum absolute atomic E-state index is 10.4. The van der Waals surface area contributed by atoms with Crippen LogP contribution in [0.1, 0.15) is 13.8 Å². The van der Waals surface area contributed by atoms with E-state index in [2.05, 4.69) is 9.05 Å². The van der Waals surface area contributed by atoms with E-state index in [4.69, 9.17) is 5.11 Å². The van der Waals surface area contributed by atoms with Crippen LogP contribution in [0.5, 0.6) is 0 Å². The van der Waals surface area contributed by atoms with Crippen molar-refractivity contribution in [1.29, 1.82) is 0 Å². The Kier molecular flexibility index (Phi) is 5.00. The average molecular weight is 154 g/mol. The van der Waals surface area contributed by atoms with Crippen molar-refractivity contribution < 1.29 is 18.7 Å². The van der Waals surface area contributed by atoms with Crippen LogP contribution >= 0.6 is 8.25 Å². The van der Waals surface area contributed by atoms with E-state index in [9.17, 15) is 4.57 Å². The standard InChI is InChI=1S/C4H11O4P/c1-3-7-9(6)8-4(2)5/h4-5,9H,3H2,1-2H3. The zero-order valence-electron chi connectivity index (χ0n) is 5.46. The smallest absolute Gasteiger partial charge is 0.321 e. The molecule has 2 atom stereocenters. The van der Waals surface area contributed by atoms with E-state index >= 15 is 0 Å². The Balaban J connectivity index is 3.27. The molecule has 5 heteroatoms. The second-order valence-corrected chi connectivity index (χ2v) is 2.42. The van der Waals surface area contributed by atoms with Crippen LogP contribution in [0.15, 0.2) is 0 Å². The molecule has 0 spiro atoms. The summed E-state index contributed by atoms with van der Waals surface area (Å²) in [6.45, 7) is 3.42. The van der Waals surface area contributed by atoms with Gasteiger partial charge in [-0.05, 0) is 13.8 Å². The molecule has 0 aliphatic carbocycles. The molecule has 0 rings (SSSR count). The van der Waals surface area contributed by atoms with Gasteiger partial charge in [-0.25, -0.2) is 0 Å².